The number of nitrogens with zero attached hydrogens (tertiary/aromatic N) is 1. The van der Waals surface area contributed by atoms with Crippen LogP contribution in [0.25, 0.3) is 0 Å². The molecule has 26 heavy (non-hydrogen) atoms. The summed E-state index contributed by atoms with van der Waals surface area (Å²) in [5, 5.41) is 6.51. The molecule has 0 amide bonds. The molecule has 0 saturated carbocycles. The minimum atomic E-state index is -0.369. The Balaban J connectivity index is 1.67. The van der Waals surface area contributed by atoms with Crippen LogP contribution in [0.3, 0.4) is 0 Å². The van der Waals surface area contributed by atoms with Crippen molar-refractivity contribution in [3.05, 3.63) is 29.6 Å². The Morgan fingerprint density at radius 3 is 2.96 bits per heavy atom. The van der Waals surface area contributed by atoms with Crippen molar-refractivity contribution < 1.29 is 18.6 Å². The number of rotatable bonds is 9. The van der Waals surface area contributed by atoms with Crippen LogP contribution in [0, 0.1) is 11.7 Å². The number of hydrogen-bond acceptors (Lipinski definition) is 4. The van der Waals surface area contributed by atoms with E-state index in [0.717, 1.165) is 44.8 Å². The lowest BCUT2D eigenvalue weighted by Crippen LogP contribution is -2.39. The highest BCUT2D eigenvalue weighted by atomic mass is 19.1. The average molecular weight is 367 g/mol. The number of halogens is 1. The molecule has 1 saturated heterocycles. The molecule has 0 radical (unpaired) electrons. The summed E-state index contributed by atoms with van der Waals surface area (Å²) < 4.78 is 29.8. The van der Waals surface area contributed by atoms with Gasteiger partial charge in [-0.2, -0.15) is 0 Å². The fourth-order valence-corrected chi connectivity index (χ4v) is 2.78. The van der Waals surface area contributed by atoms with E-state index in [1.807, 2.05) is 13.0 Å². The molecule has 7 heteroatoms. The maximum Gasteiger partial charge on any atom is 0.191 e. The van der Waals surface area contributed by atoms with E-state index in [9.17, 15) is 4.39 Å². The number of benzene rings is 1. The monoisotopic (exact) mass is 367 g/mol. The molecular weight excluding hydrogens is 337 g/mol. The summed E-state index contributed by atoms with van der Waals surface area (Å²) in [6.45, 7) is 5.87. The summed E-state index contributed by atoms with van der Waals surface area (Å²) in [4.78, 5) is 4.21. The van der Waals surface area contributed by atoms with Crippen molar-refractivity contribution >= 4 is 5.96 Å². The zero-order valence-electron chi connectivity index (χ0n) is 15.9. The second kappa shape index (κ2) is 11.0. The highest BCUT2D eigenvalue weighted by Gasteiger charge is 2.15. The van der Waals surface area contributed by atoms with Gasteiger partial charge in [0.25, 0.3) is 0 Å². The van der Waals surface area contributed by atoms with Crippen molar-refractivity contribution in [1.29, 1.82) is 0 Å². The molecule has 2 N–H and O–H groups in total. The minimum absolute atomic E-state index is 0.0831. The first-order chi connectivity index (χ1) is 12.6. The average Bonchev–Trinajstić information content (AvgIpc) is 3.16. The molecular formula is C19H30FN3O3. The normalized spacial score (nSPS) is 18.6. The molecule has 0 bridgehead atoms. The first-order valence-corrected chi connectivity index (χ1v) is 9.10. The molecule has 1 aromatic carbocycles. The lowest BCUT2D eigenvalue weighted by atomic mass is 10.1. The molecule has 0 aromatic heterocycles. The van der Waals surface area contributed by atoms with Gasteiger partial charge in [0.05, 0.1) is 26.4 Å². The van der Waals surface area contributed by atoms with Gasteiger partial charge in [0.15, 0.2) is 17.5 Å². The molecule has 2 rings (SSSR count). The van der Waals surface area contributed by atoms with Crippen LogP contribution >= 0.6 is 0 Å². The van der Waals surface area contributed by atoms with Gasteiger partial charge in [-0.15, -0.1) is 0 Å². The Hall–Kier alpha value is -1.86. The van der Waals surface area contributed by atoms with Crippen molar-refractivity contribution in [3.63, 3.8) is 0 Å². The molecule has 2 unspecified atom stereocenters. The second-order valence-corrected chi connectivity index (χ2v) is 6.42. The van der Waals surface area contributed by atoms with Crippen LogP contribution in [-0.4, -0.2) is 53.1 Å². The van der Waals surface area contributed by atoms with Gasteiger partial charge >= 0.3 is 0 Å². The number of methoxy groups -OCH3 is 1. The van der Waals surface area contributed by atoms with E-state index in [1.165, 1.54) is 13.2 Å². The second-order valence-electron chi connectivity index (χ2n) is 6.42. The van der Waals surface area contributed by atoms with Gasteiger partial charge in [-0.1, -0.05) is 6.07 Å². The van der Waals surface area contributed by atoms with Gasteiger partial charge in [-0.25, -0.2) is 4.39 Å². The molecule has 1 aliphatic heterocycles. The van der Waals surface area contributed by atoms with Gasteiger partial charge in [0.2, 0.25) is 0 Å². The molecule has 0 spiro atoms. The van der Waals surface area contributed by atoms with Gasteiger partial charge in [0.1, 0.15) is 0 Å². The van der Waals surface area contributed by atoms with E-state index < -0.39 is 0 Å². The van der Waals surface area contributed by atoms with Crippen molar-refractivity contribution in [2.24, 2.45) is 10.9 Å². The van der Waals surface area contributed by atoms with Gasteiger partial charge < -0.3 is 24.8 Å². The smallest absolute Gasteiger partial charge is 0.191 e. The third-order valence-corrected chi connectivity index (χ3v) is 4.39. The maximum atomic E-state index is 13.8. The summed E-state index contributed by atoms with van der Waals surface area (Å²) >= 11 is 0. The van der Waals surface area contributed by atoms with E-state index >= 15 is 0 Å². The fraction of sp³-hybridized carbons (Fsp3) is 0.632. The predicted octanol–water partition coefficient (Wildman–Crippen LogP) is 2.50. The summed E-state index contributed by atoms with van der Waals surface area (Å²) in [7, 11) is 3.17. The number of nitrogens with one attached hydrogen (secondary N) is 2. The van der Waals surface area contributed by atoms with E-state index in [1.54, 1.807) is 13.1 Å². The topological polar surface area (TPSA) is 64.1 Å². The Labute approximate surface area is 155 Å². The molecule has 1 aromatic rings. The summed E-state index contributed by atoms with van der Waals surface area (Å²) in [6.07, 6.45) is 1.98. The highest BCUT2D eigenvalue weighted by Crippen LogP contribution is 2.21. The largest absolute Gasteiger partial charge is 0.494 e. The first kappa shape index (κ1) is 20.5. The van der Waals surface area contributed by atoms with Crippen molar-refractivity contribution in [1.82, 2.24) is 10.6 Å². The van der Waals surface area contributed by atoms with Gasteiger partial charge in [-0.3, -0.25) is 4.99 Å². The van der Waals surface area contributed by atoms with Crippen LogP contribution in [0.5, 0.6) is 5.75 Å². The molecule has 1 fully saturated rings. The first-order valence-electron chi connectivity index (χ1n) is 9.10. The number of ether oxygens (including phenoxy) is 3. The van der Waals surface area contributed by atoms with Crippen molar-refractivity contribution in [3.8, 4) is 5.75 Å². The Kier molecular flexibility index (Phi) is 8.64. The van der Waals surface area contributed by atoms with E-state index in [4.69, 9.17) is 14.2 Å². The van der Waals surface area contributed by atoms with Crippen molar-refractivity contribution in [2.45, 2.75) is 25.8 Å². The molecule has 2 atom stereocenters. The fourth-order valence-electron chi connectivity index (χ4n) is 2.78. The quantitative estimate of drug-likeness (QED) is 0.399. The molecule has 1 heterocycles. The summed E-state index contributed by atoms with van der Waals surface area (Å²) in [5.41, 5.74) is 0.827. The molecule has 6 nitrogen and oxygen atoms in total. The van der Waals surface area contributed by atoms with E-state index in [-0.39, 0.29) is 17.6 Å². The number of guanidine groups is 1. The van der Waals surface area contributed by atoms with Crippen LogP contribution in [0.1, 0.15) is 31.4 Å². The SMILES string of the molecule is CN=C(NCCCOCC1CCOC1)NC(C)c1ccc(OC)c(F)c1. The Bertz CT molecular complexity index is 577. The summed E-state index contributed by atoms with van der Waals surface area (Å²) in [6, 6.07) is 4.86. The summed E-state index contributed by atoms with van der Waals surface area (Å²) in [5.74, 6) is 1.10. The van der Waals surface area contributed by atoms with Gasteiger partial charge in [0, 0.05) is 32.7 Å². The van der Waals surface area contributed by atoms with Crippen LogP contribution < -0.4 is 15.4 Å². The molecule has 0 aliphatic carbocycles. The third kappa shape index (κ3) is 6.46. The standard InChI is InChI=1S/C19H30FN3O3/c1-14(16-5-6-18(24-3)17(20)11-16)23-19(21-2)22-8-4-9-25-12-15-7-10-26-13-15/h5-6,11,14-15H,4,7-10,12-13H2,1-3H3,(H2,21,22,23). The molecule has 1 aliphatic rings. The number of aliphatic imine (C=N–C) groups is 1. The van der Waals surface area contributed by atoms with E-state index in [0.29, 0.717) is 18.5 Å². The van der Waals surface area contributed by atoms with E-state index in [2.05, 4.69) is 15.6 Å². The number of hydrogen-bond donors (Lipinski definition) is 2. The lowest BCUT2D eigenvalue weighted by Gasteiger charge is -2.19. The van der Waals surface area contributed by atoms with Crippen LogP contribution in [0.15, 0.2) is 23.2 Å². The van der Waals surface area contributed by atoms with Crippen LogP contribution in [0.2, 0.25) is 0 Å². The third-order valence-electron chi connectivity index (χ3n) is 4.39. The maximum absolute atomic E-state index is 13.8. The molecule has 146 valence electrons. The zero-order chi connectivity index (χ0) is 18.8. The Morgan fingerprint density at radius 2 is 2.31 bits per heavy atom. The zero-order valence-corrected chi connectivity index (χ0v) is 15.9. The minimum Gasteiger partial charge on any atom is -0.494 e. The lowest BCUT2D eigenvalue weighted by molar-refractivity contribution is 0.0888. The highest BCUT2D eigenvalue weighted by molar-refractivity contribution is 5.80. The van der Waals surface area contributed by atoms with Crippen LogP contribution in [-0.2, 0) is 9.47 Å². The predicted molar refractivity (Wildman–Crippen MR) is 100 cm³/mol. The van der Waals surface area contributed by atoms with Gasteiger partial charge in [-0.05, 0) is 37.5 Å². The Morgan fingerprint density at radius 1 is 1.46 bits per heavy atom. The van der Waals surface area contributed by atoms with Crippen LogP contribution in [0.4, 0.5) is 4.39 Å². The van der Waals surface area contributed by atoms with Crippen molar-refractivity contribution in [2.75, 3.05) is 47.1 Å².